The van der Waals surface area contributed by atoms with Gasteiger partial charge in [0.2, 0.25) is 0 Å². The van der Waals surface area contributed by atoms with Crippen LogP contribution < -0.4 is 5.32 Å². The van der Waals surface area contributed by atoms with Gasteiger partial charge in [-0.2, -0.15) is 0 Å². The number of carbonyl (C=O) groups is 1. The standard InChI is InChI=1S/C13H8BrClN2O4/c14-10-4-1-7(15)5-12(10)16-11-6-8(17(20)21)2-3-9(11)13(18)19/h1-6,16H,(H,18,19). The molecule has 0 radical (unpaired) electrons. The van der Waals surface area contributed by atoms with Crippen LogP contribution in [0.5, 0.6) is 0 Å². The minimum absolute atomic E-state index is 0.0764. The highest BCUT2D eigenvalue weighted by atomic mass is 79.9. The summed E-state index contributed by atoms with van der Waals surface area (Å²) in [5.74, 6) is -1.19. The van der Waals surface area contributed by atoms with Gasteiger partial charge < -0.3 is 10.4 Å². The lowest BCUT2D eigenvalue weighted by Crippen LogP contribution is -2.04. The van der Waals surface area contributed by atoms with E-state index in [2.05, 4.69) is 21.2 Å². The number of carboxylic acids is 1. The molecule has 0 aromatic heterocycles. The molecule has 2 aromatic carbocycles. The Balaban J connectivity index is 2.50. The van der Waals surface area contributed by atoms with E-state index < -0.39 is 10.9 Å². The summed E-state index contributed by atoms with van der Waals surface area (Å²) in [6, 6.07) is 8.40. The van der Waals surface area contributed by atoms with Gasteiger partial charge in [0.1, 0.15) is 0 Å². The molecule has 0 fully saturated rings. The van der Waals surface area contributed by atoms with Crippen molar-refractivity contribution in [3.63, 3.8) is 0 Å². The van der Waals surface area contributed by atoms with Gasteiger partial charge in [0.25, 0.3) is 5.69 Å². The van der Waals surface area contributed by atoms with E-state index in [-0.39, 0.29) is 16.9 Å². The van der Waals surface area contributed by atoms with Gasteiger partial charge >= 0.3 is 5.97 Å². The number of nitro groups is 1. The van der Waals surface area contributed by atoms with Crippen LogP contribution in [0.1, 0.15) is 10.4 Å². The number of nitrogens with zero attached hydrogens (tertiary/aromatic N) is 1. The maximum absolute atomic E-state index is 11.2. The fourth-order valence-corrected chi connectivity index (χ4v) is 2.19. The summed E-state index contributed by atoms with van der Waals surface area (Å²) in [5.41, 5.74) is 0.332. The minimum Gasteiger partial charge on any atom is -0.478 e. The molecule has 0 atom stereocenters. The molecule has 0 amide bonds. The Morgan fingerprint density at radius 2 is 1.95 bits per heavy atom. The number of hydrogen-bond acceptors (Lipinski definition) is 4. The molecule has 0 aliphatic rings. The van der Waals surface area contributed by atoms with Crippen molar-refractivity contribution in [2.75, 3.05) is 5.32 Å². The van der Waals surface area contributed by atoms with E-state index in [0.717, 1.165) is 12.1 Å². The molecule has 0 aliphatic heterocycles. The lowest BCUT2D eigenvalue weighted by Gasteiger charge is -2.11. The van der Waals surface area contributed by atoms with Gasteiger partial charge in [-0.1, -0.05) is 11.6 Å². The lowest BCUT2D eigenvalue weighted by molar-refractivity contribution is -0.384. The van der Waals surface area contributed by atoms with Crippen LogP contribution in [0.25, 0.3) is 0 Å². The molecular weight excluding hydrogens is 364 g/mol. The number of carboxylic acid groups (broad SMARTS) is 1. The van der Waals surface area contributed by atoms with Crippen molar-refractivity contribution < 1.29 is 14.8 Å². The lowest BCUT2D eigenvalue weighted by atomic mass is 10.1. The molecule has 0 saturated heterocycles. The summed E-state index contributed by atoms with van der Waals surface area (Å²) in [7, 11) is 0. The van der Waals surface area contributed by atoms with Crippen LogP contribution in [-0.2, 0) is 0 Å². The zero-order chi connectivity index (χ0) is 15.6. The predicted molar refractivity (Wildman–Crippen MR) is 82.5 cm³/mol. The molecule has 0 saturated carbocycles. The van der Waals surface area contributed by atoms with Gasteiger partial charge in [-0.3, -0.25) is 10.1 Å². The van der Waals surface area contributed by atoms with Gasteiger partial charge in [-0.25, -0.2) is 4.79 Å². The molecule has 0 bridgehead atoms. The second-order valence-electron chi connectivity index (χ2n) is 4.04. The van der Waals surface area contributed by atoms with Crippen molar-refractivity contribution in [1.29, 1.82) is 0 Å². The highest BCUT2D eigenvalue weighted by molar-refractivity contribution is 9.10. The number of non-ortho nitro benzene ring substituents is 1. The van der Waals surface area contributed by atoms with Crippen molar-refractivity contribution >= 4 is 50.6 Å². The Morgan fingerprint density at radius 1 is 1.24 bits per heavy atom. The minimum atomic E-state index is -1.19. The fraction of sp³-hybridized carbons (Fsp3) is 0. The predicted octanol–water partition coefficient (Wildman–Crippen LogP) is 4.45. The summed E-state index contributed by atoms with van der Waals surface area (Å²) in [6.07, 6.45) is 0. The number of halogens is 2. The Bertz CT molecular complexity index is 736. The van der Waals surface area contributed by atoms with E-state index in [9.17, 15) is 14.9 Å². The summed E-state index contributed by atoms with van der Waals surface area (Å²) in [6.45, 7) is 0. The number of benzene rings is 2. The number of hydrogen-bond donors (Lipinski definition) is 2. The van der Waals surface area contributed by atoms with E-state index in [1.165, 1.54) is 6.07 Å². The first-order chi connectivity index (χ1) is 9.88. The zero-order valence-corrected chi connectivity index (χ0v) is 12.7. The van der Waals surface area contributed by atoms with Crippen molar-refractivity contribution in [2.24, 2.45) is 0 Å². The quantitative estimate of drug-likeness (QED) is 0.612. The average molecular weight is 372 g/mol. The highest BCUT2D eigenvalue weighted by Crippen LogP contribution is 2.31. The molecule has 108 valence electrons. The molecule has 2 rings (SSSR count). The van der Waals surface area contributed by atoms with E-state index in [4.69, 9.17) is 16.7 Å². The van der Waals surface area contributed by atoms with Crippen molar-refractivity contribution in [3.05, 3.63) is 61.6 Å². The zero-order valence-electron chi connectivity index (χ0n) is 10.3. The molecule has 0 unspecified atom stereocenters. The SMILES string of the molecule is O=C(O)c1ccc([N+](=O)[O-])cc1Nc1cc(Cl)ccc1Br. The number of anilines is 2. The van der Waals surface area contributed by atoms with Crippen LogP contribution >= 0.6 is 27.5 Å². The first kappa shape index (κ1) is 15.3. The van der Waals surface area contributed by atoms with Crippen LogP contribution in [-0.4, -0.2) is 16.0 Å². The molecule has 2 N–H and O–H groups in total. The molecule has 21 heavy (non-hydrogen) atoms. The largest absolute Gasteiger partial charge is 0.478 e. The number of nitrogens with one attached hydrogen (secondary N) is 1. The maximum Gasteiger partial charge on any atom is 0.337 e. The van der Waals surface area contributed by atoms with Crippen LogP contribution in [0.2, 0.25) is 5.02 Å². The van der Waals surface area contributed by atoms with Gasteiger partial charge in [0.05, 0.1) is 21.9 Å². The molecular formula is C13H8BrClN2O4. The third kappa shape index (κ3) is 3.50. The molecule has 8 heteroatoms. The van der Waals surface area contributed by atoms with Crippen molar-refractivity contribution in [3.8, 4) is 0 Å². The average Bonchev–Trinajstić information content (AvgIpc) is 2.42. The van der Waals surface area contributed by atoms with E-state index >= 15 is 0 Å². The summed E-state index contributed by atoms with van der Waals surface area (Å²) in [4.78, 5) is 21.4. The van der Waals surface area contributed by atoms with Crippen LogP contribution in [0, 0.1) is 10.1 Å². The summed E-state index contributed by atoms with van der Waals surface area (Å²) in [5, 5.41) is 23.2. The van der Waals surface area contributed by atoms with Gasteiger partial charge in [0, 0.05) is 21.6 Å². The molecule has 0 spiro atoms. The second-order valence-corrected chi connectivity index (χ2v) is 5.33. The smallest absolute Gasteiger partial charge is 0.337 e. The third-order valence-corrected chi connectivity index (χ3v) is 3.57. The third-order valence-electron chi connectivity index (χ3n) is 2.64. The van der Waals surface area contributed by atoms with Crippen molar-refractivity contribution in [1.82, 2.24) is 0 Å². The monoisotopic (exact) mass is 370 g/mol. The van der Waals surface area contributed by atoms with Gasteiger partial charge in [-0.05, 0) is 40.2 Å². The normalized spacial score (nSPS) is 10.2. The highest BCUT2D eigenvalue weighted by Gasteiger charge is 2.16. The Kier molecular flexibility index (Phi) is 4.44. The van der Waals surface area contributed by atoms with Crippen LogP contribution in [0.3, 0.4) is 0 Å². The van der Waals surface area contributed by atoms with E-state index in [0.29, 0.717) is 15.2 Å². The molecule has 2 aromatic rings. The summed E-state index contributed by atoms with van der Waals surface area (Å²) < 4.78 is 0.648. The van der Waals surface area contributed by atoms with Crippen LogP contribution in [0.4, 0.5) is 17.1 Å². The molecule has 0 heterocycles. The Morgan fingerprint density at radius 3 is 2.57 bits per heavy atom. The van der Waals surface area contributed by atoms with Gasteiger partial charge in [-0.15, -0.1) is 0 Å². The molecule has 0 aliphatic carbocycles. The Hall–Kier alpha value is -2.12. The van der Waals surface area contributed by atoms with Crippen LogP contribution in [0.15, 0.2) is 40.9 Å². The second kappa shape index (κ2) is 6.11. The number of aromatic carboxylic acids is 1. The first-order valence-electron chi connectivity index (χ1n) is 5.62. The topological polar surface area (TPSA) is 92.5 Å². The van der Waals surface area contributed by atoms with Gasteiger partial charge in [0.15, 0.2) is 0 Å². The number of rotatable bonds is 4. The molecule has 6 nitrogen and oxygen atoms in total. The van der Waals surface area contributed by atoms with E-state index in [1.54, 1.807) is 18.2 Å². The fourth-order valence-electron chi connectivity index (χ4n) is 1.67. The van der Waals surface area contributed by atoms with E-state index in [1.807, 2.05) is 0 Å². The first-order valence-corrected chi connectivity index (χ1v) is 6.79. The van der Waals surface area contributed by atoms with Crippen molar-refractivity contribution in [2.45, 2.75) is 0 Å². The number of nitro benzene ring substituents is 1. The maximum atomic E-state index is 11.2. The summed E-state index contributed by atoms with van der Waals surface area (Å²) >= 11 is 9.18. The Labute approximate surface area is 132 Å².